The Hall–Kier alpha value is -2.19. The number of nitrogens with one attached hydrogen (secondary N) is 1. The quantitative estimate of drug-likeness (QED) is 0.827. The number of amides is 1. The molecule has 1 aromatic carbocycles. The highest BCUT2D eigenvalue weighted by molar-refractivity contribution is 6.31. The van der Waals surface area contributed by atoms with Crippen molar-refractivity contribution in [1.29, 1.82) is 0 Å². The van der Waals surface area contributed by atoms with Crippen LogP contribution in [-0.4, -0.2) is 22.6 Å². The largest absolute Gasteiger partial charge is 0.417 e. The number of aromatic nitrogens is 2. The Morgan fingerprint density at radius 2 is 2.08 bits per heavy atom. The molecule has 138 valence electrons. The Bertz CT molecular complexity index is 824. The number of carbonyl (C=O) groups is 1. The third-order valence-electron chi connectivity index (χ3n) is 4.14. The van der Waals surface area contributed by atoms with Crippen LogP contribution in [0.1, 0.15) is 52.0 Å². The Kier molecular flexibility index (Phi) is 5.15. The lowest BCUT2D eigenvalue weighted by atomic mass is 10.0. The average Bonchev–Trinajstić information content (AvgIpc) is 3.44. The number of benzene rings is 1. The molecule has 1 amide bonds. The SMILES string of the molecule is NC(CNC(=O)c1cnnc(C2CC2)c1)c1ccc(Cl)c(C(F)(F)F)c1. The molecule has 1 aromatic heterocycles. The van der Waals surface area contributed by atoms with Crippen LogP contribution < -0.4 is 11.1 Å². The normalized spacial score (nSPS) is 15.6. The van der Waals surface area contributed by atoms with Crippen LogP contribution >= 0.6 is 11.6 Å². The monoisotopic (exact) mass is 384 g/mol. The van der Waals surface area contributed by atoms with Crippen LogP contribution in [0, 0.1) is 0 Å². The molecule has 1 saturated carbocycles. The van der Waals surface area contributed by atoms with Crippen molar-refractivity contribution in [2.45, 2.75) is 31.0 Å². The van der Waals surface area contributed by atoms with Gasteiger partial charge in [-0.3, -0.25) is 4.79 Å². The van der Waals surface area contributed by atoms with Crippen molar-refractivity contribution < 1.29 is 18.0 Å². The summed E-state index contributed by atoms with van der Waals surface area (Å²) in [7, 11) is 0. The molecule has 3 rings (SSSR count). The molecule has 1 fully saturated rings. The zero-order chi connectivity index (χ0) is 18.9. The minimum atomic E-state index is -4.57. The van der Waals surface area contributed by atoms with Gasteiger partial charge in [-0.1, -0.05) is 17.7 Å². The van der Waals surface area contributed by atoms with Crippen LogP contribution in [-0.2, 0) is 6.18 Å². The first-order valence-corrected chi connectivity index (χ1v) is 8.36. The highest BCUT2D eigenvalue weighted by Crippen LogP contribution is 2.38. The Morgan fingerprint density at radius 3 is 2.73 bits per heavy atom. The summed E-state index contributed by atoms with van der Waals surface area (Å²) in [5.74, 6) is -0.0466. The molecule has 1 aliphatic rings. The molecular formula is C17H16ClF3N4O. The molecule has 5 nitrogen and oxygen atoms in total. The van der Waals surface area contributed by atoms with Crippen molar-refractivity contribution in [3.63, 3.8) is 0 Å². The molecule has 9 heteroatoms. The highest BCUT2D eigenvalue weighted by atomic mass is 35.5. The van der Waals surface area contributed by atoms with Crippen molar-refractivity contribution in [3.05, 3.63) is 57.9 Å². The predicted molar refractivity (Wildman–Crippen MR) is 89.7 cm³/mol. The first-order valence-electron chi connectivity index (χ1n) is 7.98. The van der Waals surface area contributed by atoms with E-state index in [1.807, 2.05) is 0 Å². The summed E-state index contributed by atoms with van der Waals surface area (Å²) in [5.41, 5.74) is 6.32. The smallest absolute Gasteiger partial charge is 0.350 e. The first kappa shape index (κ1) is 18.6. The Morgan fingerprint density at radius 1 is 1.35 bits per heavy atom. The van der Waals surface area contributed by atoms with Gasteiger partial charge in [0.05, 0.1) is 28.0 Å². The minimum absolute atomic E-state index is 0.0289. The molecule has 3 N–H and O–H groups in total. The van der Waals surface area contributed by atoms with E-state index in [-0.39, 0.29) is 12.1 Å². The molecule has 0 spiro atoms. The van der Waals surface area contributed by atoms with E-state index in [1.54, 1.807) is 6.07 Å². The van der Waals surface area contributed by atoms with Gasteiger partial charge < -0.3 is 11.1 Å². The number of rotatable bonds is 5. The molecule has 1 unspecified atom stereocenters. The summed E-state index contributed by atoms with van der Waals surface area (Å²) in [6.07, 6.45) is -1.17. The van der Waals surface area contributed by atoms with E-state index >= 15 is 0 Å². The van der Waals surface area contributed by atoms with Crippen molar-refractivity contribution in [2.24, 2.45) is 5.73 Å². The van der Waals surface area contributed by atoms with Gasteiger partial charge in [0.2, 0.25) is 0 Å². The summed E-state index contributed by atoms with van der Waals surface area (Å²) in [5, 5.41) is 10.0. The van der Waals surface area contributed by atoms with Crippen molar-refractivity contribution in [2.75, 3.05) is 6.54 Å². The summed E-state index contributed by atoms with van der Waals surface area (Å²) in [4.78, 5) is 12.2. The molecule has 1 atom stereocenters. The standard InChI is InChI=1S/C17H16ClF3N4O/c18-13-4-3-10(5-12(13)17(19,20)21)14(22)8-23-16(26)11-6-15(9-1-2-9)25-24-7-11/h3-7,9,14H,1-2,8,22H2,(H,23,26). The van der Waals surface area contributed by atoms with Crippen molar-refractivity contribution >= 4 is 17.5 Å². The third-order valence-corrected chi connectivity index (χ3v) is 4.47. The second-order valence-electron chi connectivity index (χ2n) is 6.20. The average molecular weight is 385 g/mol. The van der Waals surface area contributed by atoms with Gasteiger partial charge in [-0.05, 0) is 36.6 Å². The molecule has 0 aliphatic heterocycles. The fourth-order valence-electron chi connectivity index (χ4n) is 2.50. The van der Waals surface area contributed by atoms with E-state index in [0.29, 0.717) is 11.5 Å². The van der Waals surface area contributed by atoms with Gasteiger partial charge in [-0.2, -0.15) is 23.4 Å². The molecule has 0 bridgehead atoms. The van der Waals surface area contributed by atoms with Crippen LogP contribution in [0.4, 0.5) is 13.2 Å². The number of alkyl halides is 3. The summed E-state index contributed by atoms with van der Waals surface area (Å²) < 4.78 is 38.8. The number of carbonyl (C=O) groups excluding carboxylic acids is 1. The second kappa shape index (κ2) is 7.20. The van der Waals surface area contributed by atoms with Gasteiger partial charge in [0.25, 0.3) is 5.91 Å². The van der Waals surface area contributed by atoms with E-state index in [1.165, 1.54) is 12.3 Å². The molecular weight excluding hydrogens is 369 g/mol. The fraction of sp³-hybridized carbons (Fsp3) is 0.353. The zero-order valence-corrected chi connectivity index (χ0v) is 14.3. The predicted octanol–water partition coefficient (Wildman–Crippen LogP) is 3.46. The van der Waals surface area contributed by atoms with E-state index in [2.05, 4.69) is 15.5 Å². The highest BCUT2D eigenvalue weighted by Gasteiger charge is 2.33. The third kappa shape index (κ3) is 4.31. The van der Waals surface area contributed by atoms with Gasteiger partial charge in [0.1, 0.15) is 0 Å². The fourth-order valence-corrected chi connectivity index (χ4v) is 2.72. The number of hydrogen-bond acceptors (Lipinski definition) is 4. The van der Waals surface area contributed by atoms with Gasteiger partial charge in [0.15, 0.2) is 0 Å². The summed E-state index contributed by atoms with van der Waals surface area (Å²) in [6.45, 7) is -0.0289. The number of halogens is 4. The molecule has 2 aromatic rings. The van der Waals surface area contributed by atoms with Crippen LogP contribution in [0.3, 0.4) is 0 Å². The van der Waals surface area contributed by atoms with Crippen LogP contribution in [0.25, 0.3) is 0 Å². The van der Waals surface area contributed by atoms with E-state index < -0.39 is 28.7 Å². The topological polar surface area (TPSA) is 80.9 Å². The Balaban J connectivity index is 1.66. The molecule has 0 radical (unpaired) electrons. The number of nitrogens with zero attached hydrogens (tertiary/aromatic N) is 2. The number of nitrogens with two attached hydrogens (primary N) is 1. The molecule has 0 saturated heterocycles. The molecule has 1 heterocycles. The lowest BCUT2D eigenvalue weighted by molar-refractivity contribution is -0.137. The minimum Gasteiger partial charge on any atom is -0.350 e. The van der Waals surface area contributed by atoms with Gasteiger partial charge in [-0.15, -0.1) is 0 Å². The summed E-state index contributed by atoms with van der Waals surface area (Å²) in [6, 6.07) is 4.33. The lowest BCUT2D eigenvalue weighted by Gasteiger charge is -2.16. The van der Waals surface area contributed by atoms with Gasteiger partial charge in [0, 0.05) is 18.5 Å². The van der Waals surface area contributed by atoms with Crippen molar-refractivity contribution in [1.82, 2.24) is 15.5 Å². The second-order valence-corrected chi connectivity index (χ2v) is 6.60. The lowest BCUT2D eigenvalue weighted by Crippen LogP contribution is -2.32. The molecule has 26 heavy (non-hydrogen) atoms. The maximum absolute atomic E-state index is 12.9. The van der Waals surface area contributed by atoms with Crippen LogP contribution in [0.5, 0.6) is 0 Å². The van der Waals surface area contributed by atoms with Crippen LogP contribution in [0.15, 0.2) is 30.5 Å². The maximum Gasteiger partial charge on any atom is 0.417 e. The first-order chi connectivity index (χ1) is 12.3. The summed E-state index contributed by atoms with van der Waals surface area (Å²) >= 11 is 5.60. The van der Waals surface area contributed by atoms with E-state index in [4.69, 9.17) is 17.3 Å². The van der Waals surface area contributed by atoms with Crippen molar-refractivity contribution in [3.8, 4) is 0 Å². The van der Waals surface area contributed by atoms with E-state index in [9.17, 15) is 18.0 Å². The van der Waals surface area contributed by atoms with Gasteiger partial charge >= 0.3 is 6.18 Å². The zero-order valence-electron chi connectivity index (χ0n) is 13.6. The Labute approximate surface area is 152 Å². The van der Waals surface area contributed by atoms with Gasteiger partial charge in [-0.25, -0.2) is 0 Å². The number of hydrogen-bond donors (Lipinski definition) is 2. The molecule has 1 aliphatic carbocycles. The van der Waals surface area contributed by atoms with E-state index in [0.717, 1.165) is 30.7 Å². The maximum atomic E-state index is 12.9. The van der Waals surface area contributed by atoms with Crippen LogP contribution in [0.2, 0.25) is 5.02 Å².